The number of anilines is 1. The molecule has 0 heterocycles. The number of amides is 2. The van der Waals surface area contributed by atoms with Gasteiger partial charge in [-0.1, -0.05) is 12.1 Å². The fourth-order valence-corrected chi connectivity index (χ4v) is 2.35. The standard InChI is InChI=1S/C20H21FN2O5/c1-13(24)23-18-11-15(6-9-17(18)21)20(27)22-12-14-4-7-16(8-5-14)28-10-2-3-19(25)26/h4-9,11H,2-3,10,12H2,1H3,(H,22,27)(H,23,24)(H,25,26). The highest BCUT2D eigenvalue weighted by Gasteiger charge is 2.10. The Morgan fingerprint density at radius 1 is 1.11 bits per heavy atom. The molecule has 0 unspecified atom stereocenters. The third-order valence-corrected chi connectivity index (χ3v) is 3.72. The Balaban J connectivity index is 1.87. The van der Waals surface area contributed by atoms with Crippen LogP contribution in [0, 0.1) is 5.82 Å². The molecule has 0 aliphatic heterocycles. The zero-order valence-electron chi connectivity index (χ0n) is 15.3. The maximum absolute atomic E-state index is 13.6. The lowest BCUT2D eigenvalue weighted by atomic mass is 10.1. The number of hydrogen-bond acceptors (Lipinski definition) is 4. The van der Waals surface area contributed by atoms with Crippen LogP contribution in [0.25, 0.3) is 0 Å². The highest BCUT2D eigenvalue weighted by molar-refractivity contribution is 5.96. The molecule has 0 atom stereocenters. The number of aliphatic carboxylic acids is 1. The smallest absolute Gasteiger partial charge is 0.303 e. The number of carboxylic acids is 1. The summed E-state index contributed by atoms with van der Waals surface area (Å²) in [5.41, 5.74) is 1.00. The van der Waals surface area contributed by atoms with Crippen molar-refractivity contribution in [2.75, 3.05) is 11.9 Å². The van der Waals surface area contributed by atoms with Gasteiger partial charge in [-0.25, -0.2) is 4.39 Å². The summed E-state index contributed by atoms with van der Waals surface area (Å²) >= 11 is 0. The third-order valence-electron chi connectivity index (χ3n) is 3.72. The molecule has 0 fully saturated rings. The number of ether oxygens (including phenoxy) is 1. The maximum atomic E-state index is 13.6. The number of carbonyl (C=O) groups is 3. The molecule has 0 aliphatic rings. The molecular formula is C20H21FN2O5. The molecule has 0 aliphatic carbocycles. The quantitative estimate of drug-likeness (QED) is 0.573. The predicted molar refractivity (Wildman–Crippen MR) is 101 cm³/mol. The first-order chi connectivity index (χ1) is 13.3. The second-order valence-corrected chi connectivity index (χ2v) is 6.05. The van der Waals surface area contributed by atoms with Crippen molar-refractivity contribution in [2.45, 2.75) is 26.3 Å². The van der Waals surface area contributed by atoms with Gasteiger partial charge in [0.15, 0.2) is 0 Å². The van der Waals surface area contributed by atoms with Gasteiger partial charge in [0.2, 0.25) is 5.91 Å². The molecule has 3 N–H and O–H groups in total. The maximum Gasteiger partial charge on any atom is 0.303 e. The molecule has 0 radical (unpaired) electrons. The topological polar surface area (TPSA) is 105 Å². The van der Waals surface area contributed by atoms with Gasteiger partial charge in [-0.2, -0.15) is 0 Å². The van der Waals surface area contributed by atoms with Crippen LogP contribution < -0.4 is 15.4 Å². The number of carbonyl (C=O) groups excluding carboxylic acids is 2. The predicted octanol–water partition coefficient (Wildman–Crippen LogP) is 2.96. The molecule has 8 heteroatoms. The van der Waals surface area contributed by atoms with Crippen molar-refractivity contribution < 1.29 is 28.6 Å². The monoisotopic (exact) mass is 388 g/mol. The average Bonchev–Trinajstić information content (AvgIpc) is 2.65. The fraction of sp³-hybridized carbons (Fsp3) is 0.250. The summed E-state index contributed by atoms with van der Waals surface area (Å²) in [6.45, 7) is 1.82. The Morgan fingerprint density at radius 2 is 1.82 bits per heavy atom. The zero-order valence-corrected chi connectivity index (χ0v) is 15.3. The number of halogens is 1. The van der Waals surface area contributed by atoms with E-state index in [0.717, 1.165) is 11.6 Å². The van der Waals surface area contributed by atoms with E-state index in [-0.39, 0.29) is 24.2 Å². The lowest BCUT2D eigenvalue weighted by Gasteiger charge is -2.09. The summed E-state index contributed by atoms with van der Waals surface area (Å²) in [6, 6.07) is 10.8. The molecule has 0 aromatic heterocycles. The van der Waals surface area contributed by atoms with E-state index >= 15 is 0 Å². The van der Waals surface area contributed by atoms with Crippen molar-refractivity contribution in [1.29, 1.82) is 0 Å². The van der Waals surface area contributed by atoms with Crippen LogP contribution in [0.2, 0.25) is 0 Å². The molecule has 28 heavy (non-hydrogen) atoms. The van der Waals surface area contributed by atoms with Crippen molar-refractivity contribution in [2.24, 2.45) is 0 Å². The van der Waals surface area contributed by atoms with Crippen LogP contribution in [0.15, 0.2) is 42.5 Å². The molecule has 0 bridgehead atoms. The summed E-state index contributed by atoms with van der Waals surface area (Å²) < 4.78 is 19.1. The van der Waals surface area contributed by atoms with Crippen LogP contribution in [0.5, 0.6) is 5.75 Å². The largest absolute Gasteiger partial charge is 0.494 e. The number of nitrogens with one attached hydrogen (secondary N) is 2. The zero-order chi connectivity index (χ0) is 20.5. The van der Waals surface area contributed by atoms with Crippen molar-refractivity contribution in [3.05, 3.63) is 59.4 Å². The molecule has 7 nitrogen and oxygen atoms in total. The first-order valence-electron chi connectivity index (χ1n) is 8.64. The number of carboxylic acid groups (broad SMARTS) is 1. The Bertz CT molecular complexity index is 852. The number of hydrogen-bond donors (Lipinski definition) is 3. The lowest BCUT2D eigenvalue weighted by Crippen LogP contribution is -2.23. The Morgan fingerprint density at radius 3 is 2.46 bits per heavy atom. The van der Waals surface area contributed by atoms with Gasteiger partial charge in [0, 0.05) is 25.5 Å². The second kappa shape index (κ2) is 10.1. The summed E-state index contributed by atoms with van der Waals surface area (Å²) in [6.07, 6.45) is 0.475. The van der Waals surface area contributed by atoms with E-state index in [4.69, 9.17) is 9.84 Å². The molecule has 0 spiro atoms. The number of benzene rings is 2. The molecule has 0 saturated carbocycles. The van der Waals surface area contributed by atoms with E-state index in [1.54, 1.807) is 24.3 Å². The van der Waals surface area contributed by atoms with Gasteiger partial charge in [-0.05, 0) is 42.3 Å². The van der Waals surface area contributed by atoms with Gasteiger partial charge in [-0.15, -0.1) is 0 Å². The van der Waals surface area contributed by atoms with Gasteiger partial charge >= 0.3 is 5.97 Å². The Labute approximate surface area is 161 Å². The summed E-state index contributed by atoms with van der Waals surface area (Å²) in [4.78, 5) is 33.8. The van der Waals surface area contributed by atoms with Gasteiger partial charge in [-0.3, -0.25) is 14.4 Å². The van der Waals surface area contributed by atoms with Crippen LogP contribution >= 0.6 is 0 Å². The minimum absolute atomic E-state index is 0.0513. The first-order valence-corrected chi connectivity index (χ1v) is 8.64. The number of rotatable bonds is 9. The normalized spacial score (nSPS) is 10.2. The van der Waals surface area contributed by atoms with Gasteiger partial charge in [0.25, 0.3) is 5.91 Å². The minimum Gasteiger partial charge on any atom is -0.494 e. The minimum atomic E-state index is -0.861. The summed E-state index contributed by atoms with van der Waals surface area (Å²) in [7, 11) is 0. The average molecular weight is 388 g/mol. The van der Waals surface area contributed by atoms with Crippen LogP contribution in [0.3, 0.4) is 0 Å². The molecule has 2 aromatic carbocycles. The van der Waals surface area contributed by atoms with E-state index in [2.05, 4.69) is 10.6 Å². The van der Waals surface area contributed by atoms with Crippen molar-refractivity contribution in [3.63, 3.8) is 0 Å². The van der Waals surface area contributed by atoms with Gasteiger partial charge < -0.3 is 20.5 Å². The van der Waals surface area contributed by atoms with E-state index in [9.17, 15) is 18.8 Å². The fourth-order valence-electron chi connectivity index (χ4n) is 2.35. The summed E-state index contributed by atoms with van der Waals surface area (Å²) in [5, 5.41) is 13.6. The summed E-state index contributed by atoms with van der Waals surface area (Å²) in [5.74, 6) is -1.70. The molecular weight excluding hydrogens is 367 g/mol. The highest BCUT2D eigenvalue weighted by atomic mass is 19.1. The second-order valence-electron chi connectivity index (χ2n) is 6.05. The Kier molecular flexibility index (Phi) is 7.50. The van der Waals surface area contributed by atoms with Crippen molar-refractivity contribution in [1.82, 2.24) is 5.32 Å². The Hall–Kier alpha value is -3.42. The van der Waals surface area contributed by atoms with E-state index in [0.29, 0.717) is 18.8 Å². The van der Waals surface area contributed by atoms with Gasteiger partial charge in [0.05, 0.1) is 12.3 Å². The van der Waals surface area contributed by atoms with Crippen LogP contribution in [-0.2, 0) is 16.1 Å². The van der Waals surface area contributed by atoms with E-state index in [1.807, 2.05) is 0 Å². The molecule has 2 rings (SSSR count). The third kappa shape index (κ3) is 6.71. The lowest BCUT2D eigenvalue weighted by molar-refractivity contribution is -0.137. The van der Waals surface area contributed by atoms with Crippen LogP contribution in [0.4, 0.5) is 10.1 Å². The van der Waals surface area contributed by atoms with E-state index in [1.165, 1.54) is 19.1 Å². The van der Waals surface area contributed by atoms with Crippen LogP contribution in [0.1, 0.15) is 35.7 Å². The van der Waals surface area contributed by atoms with Crippen molar-refractivity contribution in [3.8, 4) is 5.75 Å². The van der Waals surface area contributed by atoms with Crippen LogP contribution in [-0.4, -0.2) is 29.5 Å². The van der Waals surface area contributed by atoms with Crippen molar-refractivity contribution >= 4 is 23.5 Å². The first kappa shape index (κ1) is 20.9. The SMILES string of the molecule is CC(=O)Nc1cc(C(=O)NCc2ccc(OCCCC(=O)O)cc2)ccc1F. The molecule has 2 amide bonds. The van der Waals surface area contributed by atoms with Gasteiger partial charge in [0.1, 0.15) is 11.6 Å². The molecule has 148 valence electrons. The van der Waals surface area contributed by atoms with E-state index < -0.39 is 23.6 Å². The molecule has 0 saturated heterocycles. The highest BCUT2D eigenvalue weighted by Crippen LogP contribution is 2.17. The molecule has 2 aromatic rings.